The second kappa shape index (κ2) is 2.78. The van der Waals surface area contributed by atoms with Crippen LogP contribution in [0.15, 0.2) is 12.2 Å². The van der Waals surface area contributed by atoms with Crippen LogP contribution >= 0.6 is 0 Å². The summed E-state index contributed by atoms with van der Waals surface area (Å²) in [6, 6.07) is 0. The minimum Gasteiger partial charge on any atom is -0.396 e. The van der Waals surface area contributed by atoms with Crippen LogP contribution in [0.1, 0.15) is 12.8 Å². The van der Waals surface area contributed by atoms with Gasteiger partial charge in [-0.1, -0.05) is 6.08 Å². The summed E-state index contributed by atoms with van der Waals surface area (Å²) < 4.78 is 0. The zero-order valence-corrected chi connectivity index (χ0v) is 5.21. The van der Waals surface area contributed by atoms with Crippen LogP contribution in [0.5, 0.6) is 0 Å². The van der Waals surface area contributed by atoms with Crippen LogP contribution in [-0.2, 0) is 4.79 Å². The van der Waals surface area contributed by atoms with Crippen molar-refractivity contribution in [3.63, 3.8) is 0 Å². The zero-order valence-electron chi connectivity index (χ0n) is 5.21. The number of rotatable bonds is 1. The molecule has 50 valence electrons. The van der Waals surface area contributed by atoms with Crippen molar-refractivity contribution in [3.8, 4) is 0 Å². The molecule has 0 saturated carbocycles. The minimum atomic E-state index is 0.170. The van der Waals surface area contributed by atoms with Crippen molar-refractivity contribution in [2.45, 2.75) is 12.8 Å². The maximum Gasteiger partial charge on any atom is 0.155 e. The monoisotopic (exact) mass is 126 g/mol. The number of carbonyl (C=O) groups excluding carboxylic acids is 1. The molecule has 0 amide bonds. The normalized spacial score (nSPS) is 26.8. The molecule has 1 atom stereocenters. The van der Waals surface area contributed by atoms with Crippen molar-refractivity contribution in [2.75, 3.05) is 6.61 Å². The van der Waals surface area contributed by atoms with Gasteiger partial charge in [0.05, 0.1) is 0 Å². The second-order valence-electron chi connectivity index (χ2n) is 2.31. The maximum atomic E-state index is 10.6. The molecule has 0 bridgehead atoms. The third-order valence-corrected chi connectivity index (χ3v) is 1.55. The lowest BCUT2D eigenvalue weighted by atomic mass is 9.96. The van der Waals surface area contributed by atoms with Crippen LogP contribution in [0.25, 0.3) is 0 Å². The number of aliphatic hydroxyl groups excluding tert-OH is 1. The number of ketones is 1. The lowest BCUT2D eigenvalue weighted by Gasteiger charge is -2.10. The molecule has 0 aliphatic heterocycles. The standard InChI is InChI=1S/C7H10O2/c8-5-6-1-3-7(9)4-2-6/h1,3,6,8H,2,4-5H2/t6-/m1/s1. The predicted molar refractivity (Wildman–Crippen MR) is 34.0 cm³/mol. The van der Waals surface area contributed by atoms with Crippen LogP contribution in [0.2, 0.25) is 0 Å². The third kappa shape index (κ3) is 1.64. The van der Waals surface area contributed by atoms with E-state index in [0.29, 0.717) is 6.42 Å². The van der Waals surface area contributed by atoms with E-state index < -0.39 is 0 Å². The first-order chi connectivity index (χ1) is 4.33. The minimum absolute atomic E-state index is 0.170. The summed E-state index contributed by atoms with van der Waals surface area (Å²) in [6.07, 6.45) is 4.75. The maximum absolute atomic E-state index is 10.6. The van der Waals surface area contributed by atoms with Crippen molar-refractivity contribution in [3.05, 3.63) is 12.2 Å². The molecule has 0 saturated heterocycles. The fourth-order valence-electron chi connectivity index (χ4n) is 0.903. The molecular formula is C7H10O2. The Hall–Kier alpha value is -0.630. The second-order valence-corrected chi connectivity index (χ2v) is 2.31. The molecule has 2 nitrogen and oxygen atoms in total. The fourth-order valence-corrected chi connectivity index (χ4v) is 0.903. The zero-order chi connectivity index (χ0) is 6.69. The summed E-state index contributed by atoms with van der Waals surface area (Å²) >= 11 is 0. The van der Waals surface area contributed by atoms with Gasteiger partial charge in [-0.25, -0.2) is 0 Å². The van der Waals surface area contributed by atoms with Crippen molar-refractivity contribution in [1.29, 1.82) is 0 Å². The Kier molecular flexibility index (Phi) is 2.01. The van der Waals surface area contributed by atoms with E-state index in [-0.39, 0.29) is 18.3 Å². The Morgan fingerprint density at radius 3 is 3.00 bits per heavy atom. The average Bonchev–Trinajstić information content (AvgIpc) is 1.90. The molecule has 1 rings (SSSR count). The van der Waals surface area contributed by atoms with Gasteiger partial charge in [0, 0.05) is 18.9 Å². The van der Waals surface area contributed by atoms with Gasteiger partial charge in [0.25, 0.3) is 0 Å². The molecule has 0 aromatic carbocycles. The SMILES string of the molecule is O=C1C=C[C@@H](CO)CC1. The van der Waals surface area contributed by atoms with Crippen molar-refractivity contribution in [1.82, 2.24) is 0 Å². The number of hydrogen-bond acceptors (Lipinski definition) is 2. The van der Waals surface area contributed by atoms with Gasteiger partial charge in [0.15, 0.2) is 5.78 Å². The van der Waals surface area contributed by atoms with Gasteiger partial charge >= 0.3 is 0 Å². The number of carbonyl (C=O) groups is 1. The Balaban J connectivity index is 2.48. The first kappa shape index (κ1) is 6.49. The van der Waals surface area contributed by atoms with Gasteiger partial charge in [0.1, 0.15) is 0 Å². The Bertz CT molecular complexity index is 138. The smallest absolute Gasteiger partial charge is 0.155 e. The highest BCUT2D eigenvalue weighted by atomic mass is 16.3. The number of allylic oxidation sites excluding steroid dienone is 1. The summed E-state index contributed by atoms with van der Waals surface area (Å²) in [5, 5.41) is 8.61. The van der Waals surface area contributed by atoms with E-state index in [1.807, 2.05) is 0 Å². The van der Waals surface area contributed by atoms with Gasteiger partial charge < -0.3 is 5.11 Å². The van der Waals surface area contributed by atoms with E-state index in [0.717, 1.165) is 6.42 Å². The summed E-state index contributed by atoms with van der Waals surface area (Å²) in [7, 11) is 0. The largest absolute Gasteiger partial charge is 0.396 e. The lowest BCUT2D eigenvalue weighted by molar-refractivity contribution is -0.115. The molecule has 0 fully saturated rings. The molecule has 1 aliphatic rings. The van der Waals surface area contributed by atoms with E-state index >= 15 is 0 Å². The van der Waals surface area contributed by atoms with Crippen LogP contribution in [0.3, 0.4) is 0 Å². The molecule has 2 heteroatoms. The van der Waals surface area contributed by atoms with Crippen LogP contribution in [0.4, 0.5) is 0 Å². The van der Waals surface area contributed by atoms with Crippen molar-refractivity contribution >= 4 is 5.78 Å². The van der Waals surface area contributed by atoms with Gasteiger partial charge in [-0.15, -0.1) is 0 Å². The molecule has 1 aliphatic carbocycles. The first-order valence-electron chi connectivity index (χ1n) is 3.15. The molecule has 0 unspecified atom stereocenters. The van der Waals surface area contributed by atoms with Gasteiger partial charge in [-0.2, -0.15) is 0 Å². The number of hydrogen-bond donors (Lipinski definition) is 1. The van der Waals surface area contributed by atoms with Gasteiger partial charge in [-0.3, -0.25) is 4.79 Å². The van der Waals surface area contributed by atoms with Gasteiger partial charge in [0.2, 0.25) is 0 Å². The summed E-state index contributed by atoms with van der Waals surface area (Å²) in [5.41, 5.74) is 0. The summed E-state index contributed by atoms with van der Waals surface area (Å²) in [6.45, 7) is 0.170. The summed E-state index contributed by atoms with van der Waals surface area (Å²) in [4.78, 5) is 10.6. The lowest BCUT2D eigenvalue weighted by Crippen LogP contribution is -2.10. The van der Waals surface area contributed by atoms with Crippen LogP contribution in [0, 0.1) is 5.92 Å². The Morgan fingerprint density at radius 1 is 1.78 bits per heavy atom. The van der Waals surface area contributed by atoms with E-state index in [9.17, 15) is 4.79 Å². The quantitative estimate of drug-likeness (QED) is 0.556. The highest BCUT2D eigenvalue weighted by molar-refractivity contribution is 5.90. The first-order valence-corrected chi connectivity index (χ1v) is 3.15. The molecular weight excluding hydrogens is 116 g/mol. The fraction of sp³-hybridized carbons (Fsp3) is 0.571. The van der Waals surface area contributed by atoms with Crippen LogP contribution in [-0.4, -0.2) is 17.5 Å². The van der Waals surface area contributed by atoms with E-state index in [2.05, 4.69) is 0 Å². The predicted octanol–water partition coefficient (Wildman–Crippen LogP) is 0.514. The molecule has 0 spiro atoms. The molecule has 0 aromatic rings. The summed E-state index contributed by atoms with van der Waals surface area (Å²) in [5.74, 6) is 0.405. The van der Waals surface area contributed by atoms with Crippen LogP contribution < -0.4 is 0 Å². The Morgan fingerprint density at radius 2 is 2.56 bits per heavy atom. The van der Waals surface area contributed by atoms with E-state index in [1.165, 1.54) is 0 Å². The van der Waals surface area contributed by atoms with E-state index in [4.69, 9.17) is 5.11 Å². The average molecular weight is 126 g/mol. The molecule has 0 radical (unpaired) electrons. The highest BCUT2D eigenvalue weighted by Gasteiger charge is 2.10. The Labute approximate surface area is 54.2 Å². The van der Waals surface area contributed by atoms with Gasteiger partial charge in [-0.05, 0) is 12.5 Å². The topological polar surface area (TPSA) is 37.3 Å². The molecule has 1 N–H and O–H groups in total. The molecule has 0 aromatic heterocycles. The molecule has 9 heavy (non-hydrogen) atoms. The van der Waals surface area contributed by atoms with Crippen molar-refractivity contribution in [2.24, 2.45) is 5.92 Å². The number of aliphatic hydroxyl groups is 1. The highest BCUT2D eigenvalue weighted by Crippen LogP contribution is 2.13. The van der Waals surface area contributed by atoms with Crippen molar-refractivity contribution < 1.29 is 9.90 Å². The van der Waals surface area contributed by atoms with E-state index in [1.54, 1.807) is 12.2 Å². The molecule has 0 heterocycles. The third-order valence-electron chi connectivity index (χ3n) is 1.55.